The summed E-state index contributed by atoms with van der Waals surface area (Å²) in [5, 5.41) is 3.37. The first-order valence-corrected chi connectivity index (χ1v) is 6.58. The summed E-state index contributed by atoms with van der Waals surface area (Å²) < 4.78 is 0. The number of rotatable bonds is 4. The van der Waals surface area contributed by atoms with E-state index in [4.69, 9.17) is 0 Å². The van der Waals surface area contributed by atoms with Crippen molar-refractivity contribution in [3.8, 4) is 0 Å². The first kappa shape index (κ1) is 16.7. The average Bonchev–Trinajstić information content (AvgIpc) is 2.24. The topological polar surface area (TPSA) is 32.3 Å². The Hall–Kier alpha value is -0.280. The standard InChI is InChI=1S/C13H26N2O.ClH/c1-5-6-12(10(2)3)13(16)15-8-7-14-11(4)9-15;/h10-12,14H,5-9H2,1-4H3;1H/t11-,12?;/m1./s1. The van der Waals surface area contributed by atoms with E-state index in [1.165, 1.54) is 0 Å². The van der Waals surface area contributed by atoms with Crippen molar-refractivity contribution in [3.63, 3.8) is 0 Å². The minimum Gasteiger partial charge on any atom is -0.340 e. The molecule has 1 heterocycles. The summed E-state index contributed by atoms with van der Waals surface area (Å²) >= 11 is 0. The third kappa shape index (κ3) is 4.84. The number of hydrogen-bond acceptors (Lipinski definition) is 2. The van der Waals surface area contributed by atoms with Crippen molar-refractivity contribution in [1.29, 1.82) is 0 Å². The lowest BCUT2D eigenvalue weighted by atomic mass is 9.89. The van der Waals surface area contributed by atoms with Crippen LogP contribution >= 0.6 is 12.4 Å². The number of hydrogen-bond donors (Lipinski definition) is 1. The number of amides is 1. The van der Waals surface area contributed by atoms with E-state index < -0.39 is 0 Å². The lowest BCUT2D eigenvalue weighted by Gasteiger charge is -2.35. The average molecular weight is 263 g/mol. The first-order chi connectivity index (χ1) is 7.56. The molecule has 1 aliphatic heterocycles. The molecule has 0 radical (unpaired) electrons. The van der Waals surface area contributed by atoms with Gasteiger partial charge in [-0.15, -0.1) is 12.4 Å². The van der Waals surface area contributed by atoms with Crippen molar-refractivity contribution in [2.24, 2.45) is 11.8 Å². The Morgan fingerprint density at radius 2 is 2.12 bits per heavy atom. The number of nitrogens with one attached hydrogen (secondary N) is 1. The Kier molecular flexibility index (Phi) is 7.80. The van der Waals surface area contributed by atoms with Crippen LogP contribution < -0.4 is 5.32 Å². The highest BCUT2D eigenvalue weighted by Crippen LogP contribution is 2.20. The van der Waals surface area contributed by atoms with Crippen LogP contribution in [0, 0.1) is 11.8 Å². The Balaban J connectivity index is 0.00000256. The van der Waals surface area contributed by atoms with E-state index >= 15 is 0 Å². The van der Waals surface area contributed by atoms with E-state index in [0.717, 1.165) is 32.5 Å². The highest BCUT2D eigenvalue weighted by Gasteiger charge is 2.28. The maximum Gasteiger partial charge on any atom is 0.226 e. The molecule has 3 nitrogen and oxygen atoms in total. The molecule has 1 fully saturated rings. The molecule has 0 spiro atoms. The predicted octanol–water partition coefficient (Wildman–Crippen LogP) is 2.30. The fourth-order valence-corrected chi connectivity index (χ4v) is 2.42. The molecule has 1 unspecified atom stereocenters. The zero-order valence-corrected chi connectivity index (χ0v) is 12.3. The van der Waals surface area contributed by atoms with Crippen LogP contribution in [0.5, 0.6) is 0 Å². The monoisotopic (exact) mass is 262 g/mol. The van der Waals surface area contributed by atoms with Crippen molar-refractivity contribution in [3.05, 3.63) is 0 Å². The number of nitrogens with zero attached hydrogens (tertiary/aromatic N) is 1. The summed E-state index contributed by atoms with van der Waals surface area (Å²) in [6, 6.07) is 0.437. The van der Waals surface area contributed by atoms with E-state index in [2.05, 4.69) is 33.0 Å². The van der Waals surface area contributed by atoms with Gasteiger partial charge < -0.3 is 10.2 Å². The zero-order chi connectivity index (χ0) is 12.1. The highest BCUT2D eigenvalue weighted by atomic mass is 35.5. The Morgan fingerprint density at radius 3 is 2.59 bits per heavy atom. The van der Waals surface area contributed by atoms with Gasteiger partial charge in [-0.05, 0) is 19.3 Å². The normalized spacial score (nSPS) is 22.2. The van der Waals surface area contributed by atoms with Crippen molar-refractivity contribution in [2.75, 3.05) is 19.6 Å². The van der Waals surface area contributed by atoms with Crippen molar-refractivity contribution in [1.82, 2.24) is 10.2 Å². The van der Waals surface area contributed by atoms with Crippen molar-refractivity contribution in [2.45, 2.75) is 46.6 Å². The van der Waals surface area contributed by atoms with E-state index in [-0.39, 0.29) is 18.3 Å². The van der Waals surface area contributed by atoms with Crippen LogP contribution in [0.25, 0.3) is 0 Å². The molecule has 2 atom stereocenters. The van der Waals surface area contributed by atoms with Gasteiger partial charge in [0.1, 0.15) is 0 Å². The van der Waals surface area contributed by atoms with Crippen molar-refractivity contribution < 1.29 is 4.79 Å². The highest BCUT2D eigenvalue weighted by molar-refractivity contribution is 5.85. The van der Waals surface area contributed by atoms with Gasteiger partial charge in [0.15, 0.2) is 0 Å². The number of carbonyl (C=O) groups excluding carboxylic acids is 1. The maximum atomic E-state index is 12.4. The second-order valence-electron chi connectivity index (χ2n) is 5.28. The molecule has 1 N–H and O–H groups in total. The van der Waals surface area contributed by atoms with Crippen LogP contribution in [0.1, 0.15) is 40.5 Å². The second-order valence-corrected chi connectivity index (χ2v) is 5.28. The third-order valence-electron chi connectivity index (χ3n) is 3.40. The maximum absolute atomic E-state index is 12.4. The summed E-state index contributed by atoms with van der Waals surface area (Å²) in [5.41, 5.74) is 0. The van der Waals surface area contributed by atoms with Gasteiger partial charge in [-0.2, -0.15) is 0 Å². The molecule has 0 aromatic carbocycles. The summed E-state index contributed by atoms with van der Waals surface area (Å²) in [4.78, 5) is 14.4. The molecule has 0 saturated carbocycles. The van der Waals surface area contributed by atoms with Crippen LogP contribution in [0.3, 0.4) is 0 Å². The summed E-state index contributed by atoms with van der Waals surface area (Å²) in [6.45, 7) is 11.3. The molecule has 0 aliphatic carbocycles. The molecule has 4 heteroatoms. The lowest BCUT2D eigenvalue weighted by molar-refractivity contribution is -0.138. The Bertz CT molecular complexity index is 233. The molecule has 1 aliphatic rings. The first-order valence-electron chi connectivity index (χ1n) is 6.58. The molecule has 0 aromatic heterocycles. The van der Waals surface area contributed by atoms with E-state index in [0.29, 0.717) is 17.9 Å². The quantitative estimate of drug-likeness (QED) is 0.843. The molecular weight excluding hydrogens is 236 g/mol. The zero-order valence-electron chi connectivity index (χ0n) is 11.5. The molecule has 1 amide bonds. The summed E-state index contributed by atoms with van der Waals surface area (Å²) in [6.07, 6.45) is 2.12. The van der Waals surface area contributed by atoms with Gasteiger partial charge in [0.25, 0.3) is 0 Å². The van der Waals surface area contributed by atoms with Gasteiger partial charge in [0, 0.05) is 31.6 Å². The van der Waals surface area contributed by atoms with Gasteiger partial charge in [0.2, 0.25) is 5.91 Å². The SMILES string of the molecule is CCCC(C(=O)N1CCN[C@H](C)C1)C(C)C.Cl. The van der Waals surface area contributed by atoms with Crippen LogP contribution in [0.2, 0.25) is 0 Å². The van der Waals surface area contributed by atoms with Crippen LogP contribution in [-0.2, 0) is 4.79 Å². The summed E-state index contributed by atoms with van der Waals surface area (Å²) in [5.74, 6) is 1.04. The smallest absolute Gasteiger partial charge is 0.226 e. The fourth-order valence-electron chi connectivity index (χ4n) is 2.42. The Labute approximate surface area is 112 Å². The minimum absolute atomic E-state index is 0. The predicted molar refractivity (Wildman–Crippen MR) is 74.5 cm³/mol. The Morgan fingerprint density at radius 1 is 1.47 bits per heavy atom. The molecular formula is C13H27ClN2O. The van der Waals surface area contributed by atoms with Crippen LogP contribution in [-0.4, -0.2) is 36.5 Å². The molecule has 102 valence electrons. The molecule has 0 bridgehead atoms. The molecule has 0 aromatic rings. The van der Waals surface area contributed by atoms with Gasteiger partial charge in [0.05, 0.1) is 0 Å². The molecule has 1 saturated heterocycles. The molecule has 1 rings (SSSR count). The van der Waals surface area contributed by atoms with Gasteiger partial charge in [-0.1, -0.05) is 27.2 Å². The largest absolute Gasteiger partial charge is 0.340 e. The van der Waals surface area contributed by atoms with Crippen molar-refractivity contribution >= 4 is 18.3 Å². The number of piperazine rings is 1. The van der Waals surface area contributed by atoms with Crippen LogP contribution in [0.15, 0.2) is 0 Å². The van der Waals surface area contributed by atoms with E-state index in [9.17, 15) is 4.79 Å². The third-order valence-corrected chi connectivity index (χ3v) is 3.40. The van der Waals surface area contributed by atoms with Gasteiger partial charge >= 0.3 is 0 Å². The number of halogens is 1. The molecule has 17 heavy (non-hydrogen) atoms. The summed E-state index contributed by atoms with van der Waals surface area (Å²) in [7, 11) is 0. The second kappa shape index (κ2) is 7.93. The van der Waals surface area contributed by atoms with E-state index in [1.54, 1.807) is 0 Å². The fraction of sp³-hybridized carbons (Fsp3) is 0.923. The van der Waals surface area contributed by atoms with Gasteiger partial charge in [-0.3, -0.25) is 4.79 Å². The number of carbonyl (C=O) groups is 1. The lowest BCUT2D eigenvalue weighted by Crippen LogP contribution is -2.53. The van der Waals surface area contributed by atoms with Gasteiger partial charge in [-0.25, -0.2) is 0 Å². The van der Waals surface area contributed by atoms with E-state index in [1.807, 2.05) is 4.90 Å². The van der Waals surface area contributed by atoms with Crippen LogP contribution in [0.4, 0.5) is 0 Å². The minimum atomic E-state index is 0.